The van der Waals surface area contributed by atoms with Gasteiger partial charge < -0.3 is 18.9 Å². The van der Waals surface area contributed by atoms with E-state index in [4.69, 9.17) is 23.9 Å². The molecule has 3 atom stereocenters. The van der Waals surface area contributed by atoms with Crippen molar-refractivity contribution in [2.45, 2.75) is 56.1 Å². The predicted molar refractivity (Wildman–Crippen MR) is 127 cm³/mol. The Labute approximate surface area is 206 Å². The second-order valence-corrected chi connectivity index (χ2v) is 11.7. The van der Waals surface area contributed by atoms with Gasteiger partial charge in [0.1, 0.15) is 28.9 Å². The second kappa shape index (κ2) is 10.4. The minimum absolute atomic E-state index is 0.123. The number of rotatable bonds is 7. The third kappa shape index (κ3) is 5.45. The average molecular weight is 516 g/mol. The molecule has 0 radical (unpaired) electrons. The Hall–Kier alpha value is -2.28. The van der Waals surface area contributed by atoms with Crippen LogP contribution >= 0.6 is 0 Å². The molecule has 0 aromatic heterocycles. The molecule has 1 amide bonds. The Morgan fingerprint density at radius 3 is 2.54 bits per heavy atom. The molecule has 0 spiro atoms. The van der Waals surface area contributed by atoms with E-state index >= 15 is 4.39 Å². The highest BCUT2D eigenvalue weighted by atomic mass is 32.2. The lowest BCUT2D eigenvalue weighted by Crippen LogP contribution is -2.59. The lowest BCUT2D eigenvalue weighted by molar-refractivity contribution is -0.00424. The summed E-state index contributed by atoms with van der Waals surface area (Å²) in [6.45, 7) is 5.13. The van der Waals surface area contributed by atoms with Crippen molar-refractivity contribution in [3.63, 3.8) is 0 Å². The number of carbonyl (C=O) groups is 1. The molecule has 1 fully saturated rings. The highest BCUT2D eigenvalue weighted by Gasteiger charge is 2.61. The van der Waals surface area contributed by atoms with Crippen molar-refractivity contribution in [1.29, 1.82) is 0 Å². The number of ether oxygens (including phenoxy) is 4. The first-order chi connectivity index (χ1) is 16.4. The third-order valence-electron chi connectivity index (χ3n) is 6.05. The topological polar surface area (TPSA) is 107 Å². The molecule has 1 aromatic carbocycles. The van der Waals surface area contributed by atoms with E-state index in [0.717, 1.165) is 9.21 Å². The van der Waals surface area contributed by atoms with Gasteiger partial charge in [-0.1, -0.05) is 18.2 Å². The van der Waals surface area contributed by atoms with Gasteiger partial charge in [-0.3, -0.25) is 0 Å². The summed E-state index contributed by atoms with van der Waals surface area (Å²) < 4.78 is 65.2. The number of nitrogens with zero attached hydrogens (tertiary/aromatic N) is 3. The van der Waals surface area contributed by atoms with Gasteiger partial charge in [-0.15, -0.1) is 0 Å². The van der Waals surface area contributed by atoms with Gasteiger partial charge in [-0.05, 0) is 33.3 Å². The number of aliphatic imine (C=N–C) groups is 1. The summed E-state index contributed by atoms with van der Waals surface area (Å²) in [5.74, 6) is -0.801. The van der Waals surface area contributed by atoms with E-state index in [1.54, 1.807) is 26.8 Å². The second-order valence-electron chi connectivity index (χ2n) is 9.55. The van der Waals surface area contributed by atoms with Crippen molar-refractivity contribution in [3.8, 4) is 0 Å². The number of halogens is 1. The zero-order valence-electron chi connectivity index (χ0n) is 21.0. The summed E-state index contributed by atoms with van der Waals surface area (Å²) in [5, 5.41) is -1.08. The highest BCUT2D eigenvalue weighted by molar-refractivity contribution is 7.90. The summed E-state index contributed by atoms with van der Waals surface area (Å²) in [6, 6.07) is 5.94. The zero-order valence-corrected chi connectivity index (χ0v) is 21.8. The number of methoxy groups -OCH3 is 2. The maximum atomic E-state index is 15.1. The molecule has 12 heteroatoms. The van der Waals surface area contributed by atoms with Crippen molar-refractivity contribution >= 4 is 22.1 Å². The first kappa shape index (κ1) is 27.3. The fraction of sp³-hybridized carbons (Fsp3) is 0.652. The Morgan fingerprint density at radius 1 is 1.26 bits per heavy atom. The first-order valence-electron chi connectivity index (χ1n) is 11.3. The summed E-state index contributed by atoms with van der Waals surface area (Å²) in [6.07, 6.45) is -1.07. The number of guanidine groups is 1. The Balaban J connectivity index is 2.18. The number of hydrogen-bond acceptors (Lipinski definition) is 8. The molecule has 1 aromatic rings. The average Bonchev–Trinajstić information content (AvgIpc) is 3.17. The molecule has 0 N–H and O–H groups in total. The molecule has 35 heavy (non-hydrogen) atoms. The lowest BCUT2D eigenvalue weighted by Gasteiger charge is -2.42. The van der Waals surface area contributed by atoms with Crippen LogP contribution in [0.15, 0.2) is 29.3 Å². The fourth-order valence-corrected chi connectivity index (χ4v) is 6.38. The highest BCUT2D eigenvalue weighted by Crippen LogP contribution is 2.50. The molecule has 1 saturated carbocycles. The van der Waals surface area contributed by atoms with E-state index in [-0.39, 0.29) is 44.3 Å². The molecule has 3 unspecified atom stereocenters. The number of fused-ring (bicyclic) bond motifs is 1. The van der Waals surface area contributed by atoms with Crippen LogP contribution < -0.4 is 0 Å². The monoisotopic (exact) mass is 515 g/mol. The van der Waals surface area contributed by atoms with Crippen LogP contribution in [-0.2, 0) is 34.5 Å². The van der Waals surface area contributed by atoms with Gasteiger partial charge in [0.25, 0.3) is 0 Å². The molecular formula is C23H34FN3O7S. The van der Waals surface area contributed by atoms with Gasteiger partial charge >= 0.3 is 6.09 Å². The van der Waals surface area contributed by atoms with Crippen LogP contribution in [0.2, 0.25) is 0 Å². The van der Waals surface area contributed by atoms with Crippen molar-refractivity contribution in [2.24, 2.45) is 4.99 Å². The fourth-order valence-electron chi connectivity index (χ4n) is 4.41. The van der Waals surface area contributed by atoms with Crippen LogP contribution in [0, 0.1) is 5.82 Å². The zero-order chi connectivity index (χ0) is 26.0. The molecule has 0 bridgehead atoms. The quantitative estimate of drug-likeness (QED) is 0.406. The normalized spacial score (nSPS) is 25.7. The van der Waals surface area contributed by atoms with Gasteiger partial charge in [-0.25, -0.2) is 31.8 Å². The molecule has 3 rings (SSSR count). The number of carbonyl (C=O) groups excluding carboxylic acids is 1. The maximum absolute atomic E-state index is 15.1. The van der Waals surface area contributed by atoms with Crippen molar-refractivity contribution in [2.75, 3.05) is 41.2 Å². The molecule has 2 aliphatic rings. The van der Waals surface area contributed by atoms with E-state index in [2.05, 4.69) is 0 Å². The molecule has 1 aliphatic carbocycles. The van der Waals surface area contributed by atoms with Gasteiger partial charge in [-0.2, -0.15) is 0 Å². The van der Waals surface area contributed by atoms with Crippen LogP contribution in [0.3, 0.4) is 0 Å². The molecule has 196 valence electrons. The number of amides is 1. The van der Waals surface area contributed by atoms with Crippen molar-refractivity contribution < 1.29 is 36.6 Å². The van der Waals surface area contributed by atoms with Crippen LogP contribution in [0.4, 0.5) is 9.18 Å². The molecule has 0 saturated heterocycles. The third-order valence-corrected chi connectivity index (χ3v) is 8.28. The van der Waals surface area contributed by atoms with Crippen LogP contribution in [0.5, 0.6) is 0 Å². The van der Waals surface area contributed by atoms with Gasteiger partial charge in [0, 0.05) is 33.3 Å². The summed E-state index contributed by atoms with van der Waals surface area (Å²) in [7, 11) is 0.212. The van der Waals surface area contributed by atoms with Gasteiger partial charge in [0.2, 0.25) is 16.0 Å². The number of sulfonamides is 1. The minimum atomic E-state index is -4.09. The Morgan fingerprint density at radius 2 is 1.94 bits per heavy atom. The van der Waals surface area contributed by atoms with E-state index in [0.29, 0.717) is 0 Å². The number of benzene rings is 1. The number of hydrogen-bond donors (Lipinski definition) is 0. The van der Waals surface area contributed by atoms with E-state index in [1.807, 2.05) is 0 Å². The Bertz CT molecular complexity index is 1060. The predicted octanol–water partition coefficient (Wildman–Crippen LogP) is 2.69. The summed E-state index contributed by atoms with van der Waals surface area (Å²) >= 11 is 0. The summed E-state index contributed by atoms with van der Waals surface area (Å²) in [5.41, 5.74) is -2.24. The van der Waals surface area contributed by atoms with E-state index in [9.17, 15) is 13.2 Å². The molecule has 1 heterocycles. The van der Waals surface area contributed by atoms with Gasteiger partial charge in [0.05, 0.1) is 19.3 Å². The first-order valence-corrected chi connectivity index (χ1v) is 12.8. The minimum Gasteiger partial charge on any atom is -0.443 e. The molecule has 10 nitrogen and oxygen atoms in total. The van der Waals surface area contributed by atoms with Crippen molar-refractivity contribution in [3.05, 3.63) is 35.6 Å². The van der Waals surface area contributed by atoms with E-state index in [1.165, 1.54) is 39.5 Å². The standard InChI is InChI=1S/C23H34FN3O7S/c1-22(2,3)34-21(28)27(15-33-12-11-31-5)20-25-23(17-9-7-8-10-18(17)24)14-16(32-6)13-19(23)35(29,30)26(20)4/h7-10,16,19H,11-15H2,1-6H3. The summed E-state index contributed by atoms with van der Waals surface area (Å²) in [4.78, 5) is 19.0. The smallest absolute Gasteiger partial charge is 0.419 e. The van der Waals surface area contributed by atoms with E-state index < -0.39 is 44.4 Å². The lowest BCUT2D eigenvalue weighted by atomic mass is 9.87. The van der Waals surface area contributed by atoms with Crippen LogP contribution in [0.25, 0.3) is 0 Å². The SMILES string of the molecule is COCCOCN(C(=O)OC(C)(C)C)C1=NC2(c3ccccc3F)CC(OC)CC2S(=O)(=O)N1C. The van der Waals surface area contributed by atoms with Gasteiger partial charge in [0.15, 0.2) is 0 Å². The van der Waals surface area contributed by atoms with Crippen LogP contribution in [-0.4, -0.2) is 87.8 Å². The molecule has 1 aliphatic heterocycles. The van der Waals surface area contributed by atoms with Crippen LogP contribution in [0.1, 0.15) is 39.2 Å². The molecular weight excluding hydrogens is 481 g/mol. The largest absolute Gasteiger partial charge is 0.443 e. The maximum Gasteiger partial charge on any atom is 0.419 e. The Kier molecular flexibility index (Phi) is 8.09. The van der Waals surface area contributed by atoms with Crippen molar-refractivity contribution in [1.82, 2.24) is 9.21 Å².